The summed E-state index contributed by atoms with van der Waals surface area (Å²) in [5, 5.41) is 22.3. The summed E-state index contributed by atoms with van der Waals surface area (Å²) >= 11 is 0. The first-order valence-electron chi connectivity index (χ1n) is 6.18. The molecule has 2 aromatic rings. The molecule has 112 valence electrons. The lowest BCUT2D eigenvalue weighted by atomic mass is 10.1. The van der Waals surface area contributed by atoms with Crippen LogP contribution < -0.4 is 10.9 Å². The van der Waals surface area contributed by atoms with Crippen molar-refractivity contribution in [3.8, 4) is 0 Å². The van der Waals surface area contributed by atoms with Crippen molar-refractivity contribution in [1.29, 1.82) is 0 Å². The molecule has 0 aliphatic carbocycles. The van der Waals surface area contributed by atoms with Crippen molar-refractivity contribution in [3.63, 3.8) is 0 Å². The Labute approximate surface area is 117 Å². The molecule has 0 bridgehead atoms. The van der Waals surface area contributed by atoms with Crippen LogP contribution in [0.1, 0.15) is 6.23 Å². The van der Waals surface area contributed by atoms with Crippen LogP contribution in [-0.4, -0.2) is 61.0 Å². The van der Waals surface area contributed by atoms with E-state index in [1.807, 2.05) is 0 Å². The predicted molar refractivity (Wildman–Crippen MR) is 68.1 cm³/mol. The highest BCUT2D eigenvalue weighted by atomic mass is 16.6. The van der Waals surface area contributed by atoms with Crippen LogP contribution in [0.3, 0.4) is 0 Å². The Balaban J connectivity index is 2.02. The van der Waals surface area contributed by atoms with Crippen molar-refractivity contribution in [1.82, 2.24) is 24.8 Å². The summed E-state index contributed by atoms with van der Waals surface area (Å²) in [6, 6.07) is 0. The third kappa shape index (κ3) is 2.00. The number of ether oxygens (including phenoxy) is 1. The van der Waals surface area contributed by atoms with Crippen LogP contribution in [0.2, 0.25) is 0 Å². The fourth-order valence-corrected chi connectivity index (χ4v) is 2.30. The third-order valence-corrected chi connectivity index (χ3v) is 3.38. The Kier molecular flexibility index (Phi) is 3.20. The van der Waals surface area contributed by atoms with Gasteiger partial charge in [0, 0.05) is 7.05 Å². The topological polar surface area (TPSA) is 142 Å². The number of aliphatic hydroxyl groups excluding tert-OH is 2. The minimum absolute atomic E-state index is 0.0752. The van der Waals surface area contributed by atoms with E-state index in [1.165, 1.54) is 24.3 Å². The van der Waals surface area contributed by atoms with Crippen LogP contribution in [0.15, 0.2) is 17.4 Å². The Morgan fingerprint density at radius 3 is 2.90 bits per heavy atom. The Bertz CT molecular complexity index is 740. The number of nitrogens with one attached hydrogen (secondary N) is 2. The molecule has 0 radical (unpaired) electrons. The van der Waals surface area contributed by atoms with E-state index in [4.69, 9.17) is 4.74 Å². The average Bonchev–Trinajstić information content (AvgIpc) is 3.02. The lowest BCUT2D eigenvalue weighted by Gasteiger charge is -2.16. The summed E-state index contributed by atoms with van der Waals surface area (Å²) in [6.07, 6.45) is -2.58. The van der Waals surface area contributed by atoms with Gasteiger partial charge in [-0.15, -0.1) is 0 Å². The number of aromatic amines is 1. The van der Waals surface area contributed by atoms with Gasteiger partial charge >= 0.3 is 0 Å². The number of aliphatic hydroxyl groups is 2. The van der Waals surface area contributed by atoms with Crippen LogP contribution in [-0.2, 0) is 9.53 Å². The van der Waals surface area contributed by atoms with E-state index >= 15 is 0 Å². The van der Waals surface area contributed by atoms with Gasteiger partial charge in [0.1, 0.15) is 12.2 Å². The molecule has 4 N–H and O–H groups in total. The summed E-state index contributed by atoms with van der Waals surface area (Å²) < 4.78 is 6.70. The molecular formula is C11H13N5O5. The minimum atomic E-state index is -1.39. The van der Waals surface area contributed by atoms with E-state index in [-0.39, 0.29) is 11.2 Å². The zero-order valence-electron chi connectivity index (χ0n) is 10.9. The molecule has 1 aliphatic rings. The summed E-state index contributed by atoms with van der Waals surface area (Å²) in [7, 11) is 1.39. The SMILES string of the molecule is CNC(=O)[C@H]1O[C@@H](n2cnc3c(=O)[nH]cnc32)[C@H](O)[C@@H]1O. The van der Waals surface area contributed by atoms with E-state index in [2.05, 4.69) is 20.3 Å². The number of aromatic nitrogens is 4. The quantitative estimate of drug-likeness (QED) is 0.479. The number of hydrogen-bond acceptors (Lipinski definition) is 7. The molecule has 3 heterocycles. The molecule has 0 saturated carbocycles. The molecule has 2 aromatic heterocycles. The smallest absolute Gasteiger partial charge is 0.278 e. The summed E-state index contributed by atoms with van der Waals surface area (Å²) in [6.45, 7) is 0. The predicted octanol–water partition coefficient (Wildman–Crippen LogP) is -2.52. The van der Waals surface area contributed by atoms with E-state index in [0.717, 1.165) is 0 Å². The maximum absolute atomic E-state index is 11.6. The fourth-order valence-electron chi connectivity index (χ4n) is 2.30. The second kappa shape index (κ2) is 4.91. The third-order valence-electron chi connectivity index (χ3n) is 3.38. The van der Waals surface area contributed by atoms with Crippen LogP contribution in [0.4, 0.5) is 0 Å². The van der Waals surface area contributed by atoms with Crippen LogP contribution in [0, 0.1) is 0 Å². The number of likely N-dealkylation sites (N-methyl/N-ethyl adjacent to an activating group) is 1. The van der Waals surface area contributed by atoms with Gasteiger partial charge in [-0.05, 0) is 0 Å². The molecule has 1 aliphatic heterocycles. The molecule has 0 aromatic carbocycles. The number of amides is 1. The zero-order chi connectivity index (χ0) is 15.1. The van der Waals surface area contributed by atoms with Gasteiger partial charge in [-0.3, -0.25) is 14.2 Å². The molecule has 1 saturated heterocycles. The molecule has 1 amide bonds. The maximum atomic E-state index is 11.6. The monoisotopic (exact) mass is 295 g/mol. The minimum Gasteiger partial charge on any atom is -0.387 e. The Morgan fingerprint density at radius 2 is 2.19 bits per heavy atom. The molecule has 10 nitrogen and oxygen atoms in total. The second-order valence-corrected chi connectivity index (χ2v) is 4.60. The first-order valence-corrected chi connectivity index (χ1v) is 6.18. The lowest BCUT2D eigenvalue weighted by Crippen LogP contribution is -2.41. The van der Waals surface area contributed by atoms with Gasteiger partial charge in [-0.25, -0.2) is 9.97 Å². The highest BCUT2D eigenvalue weighted by Gasteiger charge is 2.47. The molecule has 0 spiro atoms. The molecule has 10 heteroatoms. The van der Waals surface area contributed by atoms with Gasteiger partial charge in [0.2, 0.25) is 0 Å². The molecule has 21 heavy (non-hydrogen) atoms. The molecule has 0 unspecified atom stereocenters. The van der Waals surface area contributed by atoms with Gasteiger partial charge in [-0.1, -0.05) is 0 Å². The van der Waals surface area contributed by atoms with Crippen molar-refractivity contribution in [2.24, 2.45) is 0 Å². The van der Waals surface area contributed by atoms with E-state index in [0.29, 0.717) is 0 Å². The fraction of sp³-hybridized carbons (Fsp3) is 0.455. The lowest BCUT2D eigenvalue weighted by molar-refractivity contribution is -0.137. The van der Waals surface area contributed by atoms with Gasteiger partial charge in [0.25, 0.3) is 11.5 Å². The van der Waals surface area contributed by atoms with Crippen molar-refractivity contribution in [2.75, 3.05) is 7.05 Å². The molecule has 1 fully saturated rings. The number of H-pyrrole nitrogens is 1. The van der Waals surface area contributed by atoms with Crippen molar-refractivity contribution in [3.05, 3.63) is 23.0 Å². The number of nitrogens with zero attached hydrogens (tertiary/aromatic N) is 3. The Morgan fingerprint density at radius 1 is 1.43 bits per heavy atom. The molecular weight excluding hydrogens is 282 g/mol. The zero-order valence-corrected chi connectivity index (χ0v) is 10.9. The molecule has 3 rings (SSSR count). The second-order valence-electron chi connectivity index (χ2n) is 4.60. The maximum Gasteiger partial charge on any atom is 0.278 e. The summed E-state index contributed by atoms with van der Waals surface area (Å²) in [4.78, 5) is 33.4. The highest BCUT2D eigenvalue weighted by molar-refractivity contribution is 5.81. The first-order chi connectivity index (χ1) is 10.0. The van der Waals surface area contributed by atoms with Crippen LogP contribution in [0.25, 0.3) is 11.2 Å². The van der Waals surface area contributed by atoms with Crippen molar-refractivity contribution < 1.29 is 19.7 Å². The van der Waals surface area contributed by atoms with Gasteiger partial charge in [0.15, 0.2) is 23.5 Å². The number of rotatable bonds is 2. The average molecular weight is 295 g/mol. The molecule has 4 atom stereocenters. The van der Waals surface area contributed by atoms with Gasteiger partial charge < -0.3 is 25.3 Å². The number of carbonyl (C=O) groups is 1. The standard InChI is InChI=1S/C11H13N5O5/c1-12-10(20)7-5(17)6(18)11(21-7)16-3-15-4-8(16)13-2-14-9(4)19/h2-3,5-7,11,17-18H,1H3,(H,12,20)(H,13,14,19)/t5-,6+,7-,11+/m0/s1. The number of carbonyl (C=O) groups excluding carboxylic acids is 1. The largest absolute Gasteiger partial charge is 0.387 e. The van der Waals surface area contributed by atoms with Crippen molar-refractivity contribution in [2.45, 2.75) is 24.5 Å². The number of imidazole rings is 1. The van der Waals surface area contributed by atoms with Crippen molar-refractivity contribution >= 4 is 17.1 Å². The van der Waals surface area contributed by atoms with E-state index in [1.54, 1.807) is 0 Å². The summed E-state index contributed by atoms with van der Waals surface area (Å²) in [5.41, 5.74) is -0.173. The van der Waals surface area contributed by atoms with E-state index in [9.17, 15) is 19.8 Å². The van der Waals surface area contributed by atoms with Crippen LogP contribution in [0.5, 0.6) is 0 Å². The van der Waals surface area contributed by atoms with E-state index < -0.39 is 36.0 Å². The normalized spacial score (nSPS) is 28.9. The van der Waals surface area contributed by atoms with Gasteiger partial charge in [-0.2, -0.15) is 0 Å². The Hall–Kier alpha value is -2.30. The van der Waals surface area contributed by atoms with Crippen LogP contribution >= 0.6 is 0 Å². The number of hydrogen-bond donors (Lipinski definition) is 4. The summed E-state index contributed by atoms with van der Waals surface area (Å²) in [5.74, 6) is -0.556. The van der Waals surface area contributed by atoms with Gasteiger partial charge in [0.05, 0.1) is 12.7 Å². The number of fused-ring (bicyclic) bond motifs is 1. The highest BCUT2D eigenvalue weighted by Crippen LogP contribution is 2.30. The first kappa shape index (κ1) is 13.7.